The van der Waals surface area contributed by atoms with E-state index in [1.165, 1.54) is 0 Å². The molecule has 1 aliphatic carbocycles. The second-order valence-electron chi connectivity index (χ2n) is 5.64. The first-order valence-corrected chi connectivity index (χ1v) is 7.77. The number of carbonyl (C=O) groups excluding carboxylic acids is 1. The molecule has 1 amide bonds. The van der Waals surface area contributed by atoms with Crippen molar-refractivity contribution in [1.29, 1.82) is 0 Å². The molecule has 1 aromatic rings. The topological polar surface area (TPSA) is 70.8 Å². The van der Waals surface area contributed by atoms with E-state index in [0.717, 1.165) is 37.7 Å². The van der Waals surface area contributed by atoms with Gasteiger partial charge < -0.3 is 19.9 Å². The number of carbonyl (C=O) groups is 1. The summed E-state index contributed by atoms with van der Waals surface area (Å²) in [7, 11) is 3.24. The quantitative estimate of drug-likeness (QED) is 0.839. The Morgan fingerprint density at radius 3 is 2.59 bits per heavy atom. The molecule has 1 fully saturated rings. The van der Waals surface area contributed by atoms with Crippen LogP contribution in [0.5, 0.6) is 11.5 Å². The number of hydrogen-bond donors (Lipinski definition) is 1. The molecule has 1 unspecified atom stereocenters. The molecule has 2 N–H and O–H groups in total. The molecule has 122 valence electrons. The van der Waals surface area contributed by atoms with Crippen LogP contribution in [0.1, 0.15) is 31.2 Å². The Morgan fingerprint density at radius 2 is 1.91 bits per heavy atom. The van der Waals surface area contributed by atoms with Gasteiger partial charge in [0.1, 0.15) is 0 Å². The molecular formula is C17H25NO4. The SMILES string of the molecule is COc1ccc(CCO[C@@H]2CCCCC2C(N)=O)cc1OC. The Hall–Kier alpha value is -1.75. The minimum atomic E-state index is -0.240. The van der Waals surface area contributed by atoms with Gasteiger partial charge in [-0.25, -0.2) is 0 Å². The van der Waals surface area contributed by atoms with Gasteiger partial charge in [-0.1, -0.05) is 18.9 Å². The lowest BCUT2D eigenvalue weighted by Crippen LogP contribution is -2.37. The van der Waals surface area contributed by atoms with Crippen LogP contribution in [-0.4, -0.2) is 32.8 Å². The highest BCUT2D eigenvalue weighted by atomic mass is 16.5. The molecule has 0 radical (unpaired) electrons. The van der Waals surface area contributed by atoms with Crippen molar-refractivity contribution < 1.29 is 19.0 Å². The van der Waals surface area contributed by atoms with E-state index in [1.807, 2.05) is 18.2 Å². The summed E-state index contributed by atoms with van der Waals surface area (Å²) >= 11 is 0. The van der Waals surface area contributed by atoms with Crippen molar-refractivity contribution in [3.63, 3.8) is 0 Å². The fourth-order valence-corrected chi connectivity index (χ4v) is 2.99. The van der Waals surface area contributed by atoms with Crippen LogP contribution >= 0.6 is 0 Å². The molecule has 1 aromatic carbocycles. The lowest BCUT2D eigenvalue weighted by atomic mass is 9.86. The average Bonchev–Trinajstić information content (AvgIpc) is 2.55. The molecule has 2 atom stereocenters. The maximum absolute atomic E-state index is 11.5. The number of amides is 1. The maximum Gasteiger partial charge on any atom is 0.223 e. The Balaban J connectivity index is 1.89. The summed E-state index contributed by atoms with van der Waals surface area (Å²) in [5, 5.41) is 0. The van der Waals surface area contributed by atoms with Crippen molar-refractivity contribution >= 4 is 5.91 Å². The second kappa shape index (κ2) is 8.03. The van der Waals surface area contributed by atoms with Gasteiger partial charge in [0.05, 0.1) is 32.8 Å². The van der Waals surface area contributed by atoms with Crippen LogP contribution < -0.4 is 15.2 Å². The smallest absolute Gasteiger partial charge is 0.223 e. The molecule has 0 aromatic heterocycles. The van der Waals surface area contributed by atoms with E-state index >= 15 is 0 Å². The van der Waals surface area contributed by atoms with Crippen molar-refractivity contribution in [1.82, 2.24) is 0 Å². The number of methoxy groups -OCH3 is 2. The van der Waals surface area contributed by atoms with E-state index in [1.54, 1.807) is 14.2 Å². The highest BCUT2D eigenvalue weighted by molar-refractivity contribution is 5.77. The Morgan fingerprint density at radius 1 is 1.18 bits per heavy atom. The summed E-state index contributed by atoms with van der Waals surface area (Å²) in [4.78, 5) is 11.5. The summed E-state index contributed by atoms with van der Waals surface area (Å²) in [5.41, 5.74) is 6.58. The Bertz CT molecular complexity index is 503. The molecule has 1 saturated carbocycles. The first-order chi connectivity index (χ1) is 10.7. The van der Waals surface area contributed by atoms with E-state index in [0.29, 0.717) is 18.1 Å². The lowest BCUT2D eigenvalue weighted by Gasteiger charge is -2.29. The van der Waals surface area contributed by atoms with Gasteiger partial charge in [-0.05, 0) is 37.0 Å². The van der Waals surface area contributed by atoms with Crippen molar-refractivity contribution in [2.45, 2.75) is 38.2 Å². The molecule has 0 saturated heterocycles. The monoisotopic (exact) mass is 307 g/mol. The van der Waals surface area contributed by atoms with Gasteiger partial charge in [0, 0.05) is 0 Å². The number of primary amides is 1. The number of nitrogens with two attached hydrogens (primary N) is 1. The first kappa shape index (κ1) is 16.6. The predicted octanol–water partition coefficient (Wildman–Crippen LogP) is 2.31. The van der Waals surface area contributed by atoms with Gasteiger partial charge in [-0.2, -0.15) is 0 Å². The van der Waals surface area contributed by atoms with Crippen LogP contribution in [0.25, 0.3) is 0 Å². The lowest BCUT2D eigenvalue weighted by molar-refractivity contribution is -0.129. The van der Waals surface area contributed by atoms with E-state index in [2.05, 4.69) is 0 Å². The van der Waals surface area contributed by atoms with E-state index < -0.39 is 0 Å². The van der Waals surface area contributed by atoms with Gasteiger partial charge >= 0.3 is 0 Å². The Labute approximate surface area is 131 Å². The molecule has 1 aliphatic rings. The zero-order valence-corrected chi connectivity index (χ0v) is 13.3. The van der Waals surface area contributed by atoms with E-state index in [9.17, 15) is 4.79 Å². The van der Waals surface area contributed by atoms with Crippen LogP contribution in [0.3, 0.4) is 0 Å². The Kier molecular flexibility index (Phi) is 6.07. The summed E-state index contributed by atoms with van der Waals surface area (Å²) < 4.78 is 16.4. The molecule has 5 nitrogen and oxygen atoms in total. The minimum Gasteiger partial charge on any atom is -0.493 e. The van der Waals surface area contributed by atoms with Gasteiger partial charge in [0.2, 0.25) is 5.91 Å². The summed E-state index contributed by atoms with van der Waals surface area (Å²) in [6, 6.07) is 5.84. The maximum atomic E-state index is 11.5. The standard InChI is InChI=1S/C17H25NO4/c1-20-15-8-7-12(11-16(15)21-2)9-10-22-14-6-4-3-5-13(14)17(18)19/h7-8,11,13-14H,3-6,9-10H2,1-2H3,(H2,18,19)/t13?,14-/m1/s1. The summed E-state index contributed by atoms with van der Waals surface area (Å²) in [6.07, 6.45) is 4.65. The van der Waals surface area contributed by atoms with Crippen LogP contribution in [0.15, 0.2) is 18.2 Å². The molecular weight excluding hydrogens is 282 g/mol. The van der Waals surface area contributed by atoms with Crippen molar-refractivity contribution in [2.24, 2.45) is 11.7 Å². The van der Waals surface area contributed by atoms with E-state index in [-0.39, 0.29) is 17.9 Å². The highest BCUT2D eigenvalue weighted by Gasteiger charge is 2.29. The normalized spacial score (nSPS) is 21.4. The average molecular weight is 307 g/mol. The molecule has 0 aliphatic heterocycles. The molecule has 0 bridgehead atoms. The molecule has 0 heterocycles. The predicted molar refractivity (Wildman–Crippen MR) is 84.1 cm³/mol. The largest absolute Gasteiger partial charge is 0.493 e. The van der Waals surface area contributed by atoms with Crippen molar-refractivity contribution in [3.8, 4) is 11.5 Å². The van der Waals surface area contributed by atoms with Gasteiger partial charge in [-0.15, -0.1) is 0 Å². The van der Waals surface area contributed by atoms with Crippen molar-refractivity contribution in [2.75, 3.05) is 20.8 Å². The number of ether oxygens (including phenoxy) is 3. The van der Waals surface area contributed by atoms with Crippen LogP contribution in [0, 0.1) is 5.92 Å². The minimum absolute atomic E-state index is 0.0357. The number of rotatable bonds is 7. The van der Waals surface area contributed by atoms with Crippen molar-refractivity contribution in [3.05, 3.63) is 23.8 Å². The van der Waals surface area contributed by atoms with Crippen LogP contribution in [0.4, 0.5) is 0 Å². The van der Waals surface area contributed by atoms with Crippen LogP contribution in [0.2, 0.25) is 0 Å². The van der Waals surface area contributed by atoms with Gasteiger partial charge in [-0.3, -0.25) is 4.79 Å². The third kappa shape index (κ3) is 4.13. The first-order valence-electron chi connectivity index (χ1n) is 7.77. The second-order valence-corrected chi connectivity index (χ2v) is 5.64. The molecule has 0 spiro atoms. The van der Waals surface area contributed by atoms with Crippen LogP contribution in [-0.2, 0) is 16.0 Å². The van der Waals surface area contributed by atoms with Gasteiger partial charge in [0.25, 0.3) is 0 Å². The third-order valence-electron chi connectivity index (χ3n) is 4.24. The number of benzene rings is 1. The highest BCUT2D eigenvalue weighted by Crippen LogP contribution is 2.29. The molecule has 5 heteroatoms. The summed E-state index contributed by atoms with van der Waals surface area (Å²) in [6.45, 7) is 0.573. The molecule has 22 heavy (non-hydrogen) atoms. The third-order valence-corrected chi connectivity index (χ3v) is 4.24. The fraction of sp³-hybridized carbons (Fsp3) is 0.588. The molecule has 2 rings (SSSR count). The zero-order valence-electron chi connectivity index (χ0n) is 13.3. The summed E-state index contributed by atoms with van der Waals surface area (Å²) in [5.74, 6) is 1.05. The van der Waals surface area contributed by atoms with E-state index in [4.69, 9.17) is 19.9 Å². The van der Waals surface area contributed by atoms with Gasteiger partial charge in [0.15, 0.2) is 11.5 Å². The zero-order chi connectivity index (χ0) is 15.9. The number of hydrogen-bond acceptors (Lipinski definition) is 4. The fourth-order valence-electron chi connectivity index (χ4n) is 2.99.